The number of quaternary nitrogens is 1. The lowest BCUT2D eigenvalue weighted by atomic mass is 10.0. The molecule has 136 valence electrons. The summed E-state index contributed by atoms with van der Waals surface area (Å²) in [6.07, 6.45) is 0. The molecule has 0 aliphatic carbocycles. The number of phenols is 2. The van der Waals surface area contributed by atoms with E-state index in [1.807, 2.05) is 0 Å². The number of nitrogens with zero attached hydrogens (tertiary/aromatic N) is 1. The molecule has 0 aromatic heterocycles. The summed E-state index contributed by atoms with van der Waals surface area (Å²) in [4.78, 5) is 12.9. The summed E-state index contributed by atoms with van der Waals surface area (Å²) in [5.74, 6) is 1.09. The highest BCUT2D eigenvalue weighted by atomic mass is 16.3. The van der Waals surface area contributed by atoms with Crippen LogP contribution < -0.4 is 0 Å². The van der Waals surface area contributed by atoms with Gasteiger partial charge in [0.2, 0.25) is 5.78 Å². The van der Waals surface area contributed by atoms with Crippen LogP contribution in [0.2, 0.25) is 0 Å². The highest BCUT2D eigenvalue weighted by Crippen LogP contribution is 2.26. The number of hydrogen-bond acceptors (Lipinski definition) is 3. The van der Waals surface area contributed by atoms with Crippen molar-refractivity contribution in [3.63, 3.8) is 0 Å². The van der Waals surface area contributed by atoms with Crippen molar-refractivity contribution in [3.05, 3.63) is 23.8 Å². The molecule has 0 saturated heterocycles. The number of ketones is 1. The first-order valence-electron chi connectivity index (χ1n) is 8.95. The van der Waals surface area contributed by atoms with Crippen LogP contribution in [0.15, 0.2) is 18.2 Å². The maximum Gasteiger partial charge on any atom is 0.217 e. The maximum absolute atomic E-state index is 12.9. The molecular formula is C20H34NO3+. The van der Waals surface area contributed by atoms with Crippen LogP contribution in [0.4, 0.5) is 0 Å². The minimum absolute atomic E-state index is 0.0206. The van der Waals surface area contributed by atoms with Crippen LogP contribution in [0.1, 0.15) is 51.9 Å². The lowest BCUT2D eigenvalue weighted by molar-refractivity contribution is -0.928. The van der Waals surface area contributed by atoms with Crippen molar-refractivity contribution in [3.8, 4) is 11.5 Å². The fraction of sp³-hybridized carbons (Fsp3) is 0.650. The van der Waals surface area contributed by atoms with Gasteiger partial charge in [0.15, 0.2) is 11.5 Å². The monoisotopic (exact) mass is 336 g/mol. The molecule has 0 spiro atoms. The lowest BCUT2D eigenvalue weighted by Gasteiger charge is -2.42. The Morgan fingerprint density at radius 1 is 0.875 bits per heavy atom. The van der Waals surface area contributed by atoms with Crippen LogP contribution >= 0.6 is 0 Å². The minimum Gasteiger partial charge on any atom is -0.504 e. The van der Waals surface area contributed by atoms with Gasteiger partial charge in [-0.2, -0.15) is 0 Å². The molecule has 0 bridgehead atoms. The van der Waals surface area contributed by atoms with E-state index in [1.54, 1.807) is 6.07 Å². The largest absolute Gasteiger partial charge is 0.504 e. The third-order valence-electron chi connectivity index (χ3n) is 4.03. The van der Waals surface area contributed by atoms with Crippen molar-refractivity contribution in [1.29, 1.82) is 0 Å². The van der Waals surface area contributed by atoms with Crippen molar-refractivity contribution < 1.29 is 19.5 Å². The van der Waals surface area contributed by atoms with Crippen LogP contribution in [0, 0.1) is 17.8 Å². The van der Waals surface area contributed by atoms with Crippen molar-refractivity contribution in [2.24, 2.45) is 17.8 Å². The quantitative estimate of drug-likeness (QED) is 0.406. The van der Waals surface area contributed by atoms with E-state index < -0.39 is 0 Å². The third kappa shape index (κ3) is 6.16. The molecular weight excluding hydrogens is 302 g/mol. The van der Waals surface area contributed by atoms with Gasteiger partial charge in [-0.05, 0) is 18.2 Å². The molecule has 1 aromatic rings. The van der Waals surface area contributed by atoms with Crippen LogP contribution in [0.5, 0.6) is 11.5 Å². The van der Waals surface area contributed by atoms with Gasteiger partial charge in [-0.1, -0.05) is 41.5 Å². The van der Waals surface area contributed by atoms with Crippen molar-refractivity contribution in [2.45, 2.75) is 41.5 Å². The Hall–Kier alpha value is -1.55. The standard InChI is InChI=1S/C20H33NO3/c1-14(2)10-21(11-15(3)4,12-16(5)6)13-20(24)17-7-8-18(22)19(23)9-17/h7-9,14-16H,10-13H2,1-6H3,(H-,22,23,24)/p+1. The van der Waals surface area contributed by atoms with Gasteiger partial charge < -0.3 is 14.7 Å². The van der Waals surface area contributed by atoms with Gasteiger partial charge in [-0.15, -0.1) is 0 Å². The number of carbonyl (C=O) groups is 1. The van der Waals surface area contributed by atoms with Crippen LogP contribution in [0.25, 0.3) is 0 Å². The van der Waals surface area contributed by atoms with E-state index in [-0.39, 0.29) is 17.3 Å². The summed E-state index contributed by atoms with van der Waals surface area (Å²) in [7, 11) is 0. The number of rotatable bonds is 9. The first-order chi connectivity index (χ1) is 11.0. The Kier molecular flexibility index (Phi) is 7.27. The average molecular weight is 336 g/mol. The van der Waals surface area contributed by atoms with Gasteiger partial charge in [0, 0.05) is 23.3 Å². The van der Waals surface area contributed by atoms with Gasteiger partial charge in [0.25, 0.3) is 0 Å². The molecule has 24 heavy (non-hydrogen) atoms. The van der Waals surface area contributed by atoms with Gasteiger partial charge in [-0.25, -0.2) is 0 Å². The van der Waals surface area contributed by atoms with E-state index in [9.17, 15) is 15.0 Å². The Labute approximate surface area is 146 Å². The van der Waals surface area contributed by atoms with E-state index in [0.29, 0.717) is 29.9 Å². The molecule has 0 fully saturated rings. The third-order valence-corrected chi connectivity index (χ3v) is 4.03. The maximum atomic E-state index is 12.9. The molecule has 0 heterocycles. The number of carbonyl (C=O) groups excluding carboxylic acids is 1. The molecule has 0 saturated carbocycles. The second kappa shape index (κ2) is 8.52. The molecule has 4 heteroatoms. The summed E-state index contributed by atoms with van der Waals surface area (Å²) in [5, 5.41) is 19.1. The van der Waals surface area contributed by atoms with Crippen LogP contribution in [-0.4, -0.2) is 46.7 Å². The molecule has 2 N–H and O–H groups in total. The Bertz CT molecular complexity index is 523. The Balaban J connectivity index is 3.11. The van der Waals surface area contributed by atoms with Crippen LogP contribution in [-0.2, 0) is 0 Å². The molecule has 0 radical (unpaired) electrons. The normalized spacial score (nSPS) is 12.4. The predicted octanol–water partition coefficient (Wildman–Crippen LogP) is 4.07. The number of phenolic OH excluding ortho intramolecular Hbond substituents is 2. The molecule has 0 aliphatic heterocycles. The predicted molar refractivity (Wildman–Crippen MR) is 98.3 cm³/mol. The zero-order chi connectivity index (χ0) is 18.5. The molecule has 0 atom stereocenters. The van der Waals surface area contributed by atoms with Gasteiger partial charge in [0.1, 0.15) is 6.54 Å². The number of hydrogen-bond donors (Lipinski definition) is 2. The number of Topliss-reactive ketones (excluding diaryl/α,β-unsaturated/α-hetero) is 1. The van der Waals surface area contributed by atoms with Gasteiger partial charge >= 0.3 is 0 Å². The summed E-state index contributed by atoms with van der Waals surface area (Å²) in [6.45, 7) is 16.5. The summed E-state index contributed by atoms with van der Waals surface area (Å²) in [6, 6.07) is 4.34. The molecule has 4 nitrogen and oxygen atoms in total. The Morgan fingerprint density at radius 3 is 1.71 bits per heavy atom. The first-order valence-corrected chi connectivity index (χ1v) is 8.95. The molecule has 0 amide bonds. The highest BCUT2D eigenvalue weighted by molar-refractivity contribution is 5.97. The Morgan fingerprint density at radius 2 is 1.33 bits per heavy atom. The smallest absolute Gasteiger partial charge is 0.217 e. The van der Waals surface area contributed by atoms with E-state index in [0.717, 1.165) is 24.1 Å². The second-order valence-corrected chi connectivity index (χ2v) is 8.36. The van der Waals surface area contributed by atoms with Crippen molar-refractivity contribution in [2.75, 3.05) is 26.2 Å². The van der Waals surface area contributed by atoms with E-state index in [4.69, 9.17) is 0 Å². The second-order valence-electron chi connectivity index (χ2n) is 8.36. The summed E-state index contributed by atoms with van der Waals surface area (Å²) < 4.78 is 0.771. The summed E-state index contributed by atoms with van der Waals surface area (Å²) >= 11 is 0. The zero-order valence-corrected chi connectivity index (χ0v) is 16.0. The SMILES string of the molecule is CC(C)C[N+](CC(=O)c1ccc(O)c(O)c1)(CC(C)C)CC(C)C. The average Bonchev–Trinajstić information content (AvgIpc) is 2.38. The van der Waals surface area contributed by atoms with Gasteiger partial charge in [0.05, 0.1) is 19.6 Å². The van der Waals surface area contributed by atoms with Gasteiger partial charge in [-0.3, -0.25) is 4.79 Å². The minimum atomic E-state index is -0.240. The van der Waals surface area contributed by atoms with Crippen molar-refractivity contribution >= 4 is 5.78 Å². The fourth-order valence-corrected chi connectivity index (χ4v) is 3.83. The van der Waals surface area contributed by atoms with E-state index in [2.05, 4.69) is 41.5 Å². The van der Waals surface area contributed by atoms with E-state index in [1.165, 1.54) is 12.1 Å². The van der Waals surface area contributed by atoms with E-state index >= 15 is 0 Å². The fourth-order valence-electron chi connectivity index (χ4n) is 3.83. The topological polar surface area (TPSA) is 57.5 Å². The molecule has 0 unspecified atom stereocenters. The molecule has 1 rings (SSSR count). The lowest BCUT2D eigenvalue weighted by Crippen LogP contribution is -2.56. The number of benzene rings is 1. The van der Waals surface area contributed by atoms with Crippen LogP contribution in [0.3, 0.4) is 0 Å². The first kappa shape index (κ1) is 20.5. The zero-order valence-electron chi connectivity index (χ0n) is 16.0. The molecule has 1 aromatic carbocycles. The summed E-state index contributed by atoms with van der Waals surface area (Å²) in [5.41, 5.74) is 0.462. The molecule has 0 aliphatic rings. The number of aromatic hydroxyl groups is 2. The van der Waals surface area contributed by atoms with Crippen molar-refractivity contribution in [1.82, 2.24) is 0 Å². The highest BCUT2D eigenvalue weighted by Gasteiger charge is 2.33.